The smallest absolute Gasteiger partial charge is 0.255 e. The third kappa shape index (κ3) is 5.15. The SMILES string of the molecule is CNC(=O)c1cc(Nc2nc(-c3ccc4c(c3)N(C3CC(N5CCCC6(C5)CC6(F)F)C3)C(=O)C43CCNCC3)cc3ncn(C4CC4)c23)ccc1C. The molecule has 276 valence electrons. The van der Waals surface area contributed by atoms with Gasteiger partial charge in [0.2, 0.25) is 5.91 Å². The maximum Gasteiger partial charge on any atom is 0.255 e. The minimum atomic E-state index is -2.53. The van der Waals surface area contributed by atoms with Crippen LogP contribution in [0.15, 0.2) is 48.8 Å². The molecule has 6 aliphatic rings. The van der Waals surface area contributed by atoms with Crippen molar-refractivity contribution in [1.29, 1.82) is 0 Å². The maximum absolute atomic E-state index is 14.6. The molecule has 3 aliphatic carbocycles. The van der Waals surface area contributed by atoms with E-state index in [1.807, 2.05) is 37.5 Å². The molecule has 2 spiro atoms. The summed E-state index contributed by atoms with van der Waals surface area (Å²) in [6, 6.07) is 14.8. The molecule has 2 aromatic heterocycles. The van der Waals surface area contributed by atoms with E-state index in [9.17, 15) is 18.4 Å². The van der Waals surface area contributed by atoms with Gasteiger partial charge in [0.1, 0.15) is 5.52 Å². The number of imidazole rings is 1. The van der Waals surface area contributed by atoms with Gasteiger partial charge < -0.3 is 25.4 Å². The van der Waals surface area contributed by atoms with Gasteiger partial charge in [-0.15, -0.1) is 0 Å². The van der Waals surface area contributed by atoms with Gasteiger partial charge in [-0.3, -0.25) is 14.5 Å². The van der Waals surface area contributed by atoms with E-state index in [-0.39, 0.29) is 30.3 Å². The van der Waals surface area contributed by atoms with Crippen molar-refractivity contribution in [2.45, 2.75) is 94.2 Å². The molecule has 1 atom stereocenters. The van der Waals surface area contributed by atoms with Gasteiger partial charge in [0.25, 0.3) is 11.8 Å². The van der Waals surface area contributed by atoms with E-state index in [4.69, 9.17) is 9.97 Å². The molecule has 3 N–H and O–H groups in total. The second-order valence-electron chi connectivity index (χ2n) is 16.6. The minimum Gasteiger partial charge on any atom is -0.355 e. The van der Waals surface area contributed by atoms with Gasteiger partial charge in [-0.1, -0.05) is 18.2 Å². The molecule has 4 aromatic rings. The van der Waals surface area contributed by atoms with Gasteiger partial charge in [0.05, 0.1) is 28.4 Å². The van der Waals surface area contributed by atoms with Crippen LogP contribution < -0.4 is 20.9 Å². The van der Waals surface area contributed by atoms with E-state index >= 15 is 0 Å². The van der Waals surface area contributed by atoms with Gasteiger partial charge in [-0.25, -0.2) is 18.7 Å². The highest BCUT2D eigenvalue weighted by atomic mass is 19.3. The first-order valence-electron chi connectivity index (χ1n) is 19.4. The highest BCUT2D eigenvalue weighted by Gasteiger charge is 2.71. The number of pyridine rings is 1. The molecular formula is C41H46F2N8O2. The van der Waals surface area contributed by atoms with Crippen molar-refractivity contribution in [2.75, 3.05) is 43.4 Å². The van der Waals surface area contributed by atoms with E-state index in [2.05, 4.69) is 48.5 Å². The Balaban J connectivity index is 1.00. The quantitative estimate of drug-likeness (QED) is 0.201. The third-order valence-corrected chi connectivity index (χ3v) is 13.4. The predicted octanol–water partition coefficient (Wildman–Crippen LogP) is 6.46. The van der Waals surface area contributed by atoms with Gasteiger partial charge in [-0.2, -0.15) is 0 Å². The van der Waals surface area contributed by atoms with E-state index in [1.54, 1.807) is 7.05 Å². The number of aromatic nitrogens is 3. The van der Waals surface area contributed by atoms with Crippen molar-refractivity contribution in [1.82, 2.24) is 30.1 Å². The monoisotopic (exact) mass is 720 g/mol. The number of hydrogen-bond donors (Lipinski definition) is 3. The summed E-state index contributed by atoms with van der Waals surface area (Å²) >= 11 is 0. The Morgan fingerprint density at radius 3 is 2.53 bits per heavy atom. The van der Waals surface area contributed by atoms with Gasteiger partial charge in [0, 0.05) is 60.6 Å². The fraction of sp³-hybridized carbons (Fsp3) is 0.512. The van der Waals surface area contributed by atoms with Crippen LogP contribution in [0, 0.1) is 12.3 Å². The van der Waals surface area contributed by atoms with Crippen LogP contribution >= 0.6 is 0 Å². The normalized spacial score (nSPS) is 27.2. The van der Waals surface area contributed by atoms with Gasteiger partial charge in [0.15, 0.2) is 5.82 Å². The summed E-state index contributed by atoms with van der Waals surface area (Å²) in [6.45, 7) is 4.82. The lowest BCUT2D eigenvalue weighted by atomic mass is 9.74. The number of anilines is 3. The Kier molecular flexibility index (Phi) is 7.38. The fourth-order valence-corrected chi connectivity index (χ4v) is 9.96. The van der Waals surface area contributed by atoms with Gasteiger partial charge in [-0.05, 0) is 113 Å². The highest BCUT2D eigenvalue weighted by Crippen LogP contribution is 2.65. The number of alkyl halides is 2. The summed E-state index contributed by atoms with van der Waals surface area (Å²) in [5.41, 5.74) is 6.29. The fourth-order valence-electron chi connectivity index (χ4n) is 9.96. The number of amides is 2. The maximum atomic E-state index is 14.6. The zero-order valence-corrected chi connectivity index (χ0v) is 30.4. The van der Waals surface area contributed by atoms with Crippen LogP contribution in [0.1, 0.15) is 85.3 Å². The molecule has 0 bridgehead atoms. The van der Waals surface area contributed by atoms with Crippen molar-refractivity contribution >= 4 is 40.0 Å². The molecule has 53 heavy (non-hydrogen) atoms. The van der Waals surface area contributed by atoms with E-state index in [1.165, 1.54) is 0 Å². The minimum absolute atomic E-state index is 0.0178. The Hall–Kier alpha value is -4.42. The summed E-state index contributed by atoms with van der Waals surface area (Å²) in [4.78, 5) is 41.7. The largest absolute Gasteiger partial charge is 0.355 e. The summed E-state index contributed by atoms with van der Waals surface area (Å²) in [5, 5.41) is 9.73. The molecule has 10 rings (SSSR count). The van der Waals surface area contributed by atoms with Crippen molar-refractivity contribution in [3.63, 3.8) is 0 Å². The molecule has 2 amide bonds. The number of aryl methyl sites for hydroxylation is 1. The lowest BCUT2D eigenvalue weighted by Crippen LogP contribution is -2.59. The molecule has 3 saturated carbocycles. The second kappa shape index (κ2) is 11.8. The van der Waals surface area contributed by atoms with Crippen LogP contribution in [0.2, 0.25) is 0 Å². The average Bonchev–Trinajstić information content (AvgIpc) is 4.00. The van der Waals surface area contributed by atoms with Crippen molar-refractivity contribution < 1.29 is 18.4 Å². The number of halogens is 2. The average molecular weight is 721 g/mol. The van der Waals surface area contributed by atoms with Crippen LogP contribution in [-0.2, 0) is 10.2 Å². The number of rotatable bonds is 7. The summed E-state index contributed by atoms with van der Waals surface area (Å²) in [6.07, 6.45) is 8.64. The number of carbonyl (C=O) groups is 2. The summed E-state index contributed by atoms with van der Waals surface area (Å²) < 4.78 is 30.9. The number of piperidine rings is 2. The van der Waals surface area contributed by atoms with E-state index < -0.39 is 16.8 Å². The first-order valence-corrected chi connectivity index (χ1v) is 19.4. The molecule has 2 saturated heterocycles. The molecule has 10 nitrogen and oxygen atoms in total. The molecular weight excluding hydrogens is 675 g/mol. The van der Waals surface area contributed by atoms with Crippen LogP contribution in [-0.4, -0.2) is 82.5 Å². The van der Waals surface area contributed by atoms with Crippen LogP contribution in [0.5, 0.6) is 0 Å². The number of hydrogen-bond acceptors (Lipinski definition) is 7. The van der Waals surface area contributed by atoms with E-state index in [0.717, 1.165) is 109 Å². The molecule has 2 aromatic carbocycles. The number of likely N-dealkylation sites (tertiary alicyclic amines) is 1. The number of carbonyl (C=O) groups excluding carboxylic acids is 2. The first-order chi connectivity index (χ1) is 25.6. The van der Waals surface area contributed by atoms with E-state index in [0.29, 0.717) is 30.4 Å². The predicted molar refractivity (Wildman–Crippen MR) is 200 cm³/mol. The second-order valence-corrected chi connectivity index (χ2v) is 16.6. The summed E-state index contributed by atoms with van der Waals surface area (Å²) in [7, 11) is 1.63. The third-order valence-electron chi connectivity index (χ3n) is 13.4. The number of nitrogens with one attached hydrogen (secondary N) is 3. The number of nitrogens with zero attached hydrogens (tertiary/aromatic N) is 5. The molecule has 12 heteroatoms. The number of benzene rings is 2. The molecule has 0 radical (unpaired) electrons. The molecule has 5 heterocycles. The lowest BCUT2D eigenvalue weighted by Gasteiger charge is -2.49. The Morgan fingerprint density at radius 1 is 1.00 bits per heavy atom. The van der Waals surface area contributed by atoms with Crippen LogP contribution in [0.3, 0.4) is 0 Å². The first kappa shape index (κ1) is 33.2. The van der Waals surface area contributed by atoms with Crippen molar-refractivity contribution in [3.8, 4) is 11.3 Å². The summed E-state index contributed by atoms with van der Waals surface area (Å²) in [5.74, 6) is -1.84. The van der Waals surface area contributed by atoms with Crippen LogP contribution in [0.4, 0.5) is 26.0 Å². The Bertz CT molecular complexity index is 2170. The Morgan fingerprint density at radius 2 is 1.79 bits per heavy atom. The molecule has 1 unspecified atom stereocenters. The Labute approximate surface area is 307 Å². The highest BCUT2D eigenvalue weighted by molar-refractivity contribution is 6.09. The van der Waals surface area contributed by atoms with Crippen molar-refractivity contribution in [2.24, 2.45) is 5.41 Å². The van der Waals surface area contributed by atoms with Crippen molar-refractivity contribution in [3.05, 3.63) is 65.5 Å². The van der Waals surface area contributed by atoms with Crippen LogP contribution in [0.25, 0.3) is 22.3 Å². The lowest BCUT2D eigenvalue weighted by molar-refractivity contribution is -0.125. The molecule has 5 fully saturated rings. The topological polar surface area (TPSA) is 107 Å². The molecule has 3 aliphatic heterocycles. The zero-order chi connectivity index (χ0) is 36.3. The number of fused-ring (bicyclic) bond motifs is 3. The standard InChI is InChI=1S/C41H46F2N8O2/c1-24-4-6-26(17-30(24)37(52)44-2)47-36-35-33(46-23-50(35)27-7-8-27)20-32(48-36)25-5-9-31-34(16-25)51(38(53)40(31)11-13-45-14-12-40)29-18-28(19-29)49-15-3-10-39(22-49)21-41(39,42)43/h4-6,9,16-17,20,23,27-29,45H,3,7-8,10-15,18-19,21-22H2,1-2H3,(H,44,52)(H,47,48). The zero-order valence-electron chi connectivity index (χ0n) is 30.4. The van der Waals surface area contributed by atoms with Gasteiger partial charge >= 0.3 is 0 Å².